The van der Waals surface area contributed by atoms with Crippen molar-refractivity contribution in [1.29, 1.82) is 0 Å². The number of benzene rings is 2. The second kappa shape index (κ2) is 10.2. The van der Waals surface area contributed by atoms with Crippen LogP contribution in [0.2, 0.25) is 4.82 Å². The summed E-state index contributed by atoms with van der Waals surface area (Å²) in [5, 5.41) is 3.70. The minimum atomic E-state index is -3.46. The summed E-state index contributed by atoms with van der Waals surface area (Å²) in [7, 11) is -3.46. The fraction of sp³-hybridized carbons (Fsp3) is 0.294. The van der Waals surface area contributed by atoms with Gasteiger partial charge in [0.1, 0.15) is 0 Å². The van der Waals surface area contributed by atoms with Crippen LogP contribution in [-0.4, -0.2) is 36.5 Å². The molecule has 1 unspecified atom stereocenters. The first-order valence-electron chi connectivity index (χ1n) is 7.89. The van der Waals surface area contributed by atoms with Crippen molar-refractivity contribution < 1.29 is 8.42 Å². The Bertz CT molecular complexity index is 794. The molecule has 0 fully saturated rings. The van der Waals surface area contributed by atoms with E-state index in [9.17, 15) is 8.42 Å². The van der Waals surface area contributed by atoms with Crippen LogP contribution in [-0.2, 0) is 10.0 Å². The van der Waals surface area contributed by atoms with Crippen LogP contribution < -0.4 is 9.18 Å². The predicted molar refractivity (Wildman–Crippen MR) is 100 cm³/mol. The maximum absolute atomic E-state index is 12.2. The van der Waals surface area contributed by atoms with Gasteiger partial charge in [-0.05, 0) is 0 Å². The first-order chi connectivity index (χ1) is 12.1. The molecule has 2 aromatic carbocycles. The fourth-order valence-electron chi connectivity index (χ4n) is 2.23. The van der Waals surface area contributed by atoms with Gasteiger partial charge in [-0.15, -0.1) is 0 Å². The molecule has 0 aliphatic carbocycles. The van der Waals surface area contributed by atoms with E-state index in [1.807, 2.05) is 18.2 Å². The van der Waals surface area contributed by atoms with Crippen molar-refractivity contribution in [2.75, 3.05) is 13.1 Å². The number of rotatable bonds is 10. The van der Waals surface area contributed by atoms with Crippen LogP contribution >= 0.6 is 0 Å². The van der Waals surface area contributed by atoms with Crippen molar-refractivity contribution >= 4 is 29.4 Å². The summed E-state index contributed by atoms with van der Waals surface area (Å²) in [5.41, 5.74) is 8.56. The summed E-state index contributed by atoms with van der Waals surface area (Å²) in [6.45, 7) is 0.811. The van der Waals surface area contributed by atoms with Crippen LogP contribution in [0.1, 0.15) is 12.8 Å². The van der Waals surface area contributed by atoms with Crippen molar-refractivity contribution in [3.63, 3.8) is 0 Å². The monoisotopic (exact) mass is 424 g/mol. The van der Waals surface area contributed by atoms with Crippen molar-refractivity contribution in [2.45, 2.75) is 22.6 Å². The van der Waals surface area contributed by atoms with Gasteiger partial charge in [0.05, 0.1) is 0 Å². The summed E-state index contributed by atoms with van der Waals surface area (Å²) in [5.74, 6) is 0. The molecule has 2 rings (SSSR count). The number of hydrogen-bond acceptors (Lipinski definition) is 3. The van der Waals surface area contributed by atoms with Gasteiger partial charge in [0.25, 0.3) is 0 Å². The molecule has 0 bridgehead atoms. The molecule has 0 amide bonds. The standard InChI is InChI=1S/C17H20N4O2SSe/c18-21-19-14-17(25-16-10-5-2-6-11-16)12-7-13-20-24(22,23)15-8-3-1-4-9-15/h1-6,8-11,17,20H,7,12-14H2. The van der Waals surface area contributed by atoms with Crippen LogP contribution in [0.5, 0.6) is 0 Å². The molecule has 2 aromatic rings. The molecule has 1 atom stereocenters. The van der Waals surface area contributed by atoms with Gasteiger partial charge in [-0.1, -0.05) is 0 Å². The van der Waals surface area contributed by atoms with Crippen LogP contribution in [0.4, 0.5) is 0 Å². The van der Waals surface area contributed by atoms with E-state index in [2.05, 4.69) is 26.9 Å². The maximum atomic E-state index is 12.2. The van der Waals surface area contributed by atoms with Gasteiger partial charge in [0, 0.05) is 0 Å². The van der Waals surface area contributed by atoms with E-state index in [4.69, 9.17) is 5.53 Å². The molecule has 0 aliphatic heterocycles. The molecule has 132 valence electrons. The van der Waals surface area contributed by atoms with E-state index in [0.717, 1.165) is 6.42 Å². The molecule has 0 spiro atoms. The van der Waals surface area contributed by atoms with Gasteiger partial charge < -0.3 is 0 Å². The Morgan fingerprint density at radius 2 is 1.72 bits per heavy atom. The van der Waals surface area contributed by atoms with Crippen LogP contribution in [0.25, 0.3) is 10.4 Å². The van der Waals surface area contributed by atoms with E-state index in [1.54, 1.807) is 30.3 Å². The summed E-state index contributed by atoms with van der Waals surface area (Å²) < 4.78 is 28.2. The normalized spacial score (nSPS) is 12.3. The molecular weight excluding hydrogens is 403 g/mol. The first-order valence-corrected chi connectivity index (χ1v) is 11.2. The minimum absolute atomic E-state index is 0.188. The van der Waals surface area contributed by atoms with Gasteiger partial charge >= 0.3 is 154 Å². The topological polar surface area (TPSA) is 94.9 Å². The number of nitrogens with one attached hydrogen (secondary N) is 1. The van der Waals surface area contributed by atoms with Gasteiger partial charge in [0.15, 0.2) is 0 Å². The number of sulfonamides is 1. The summed E-state index contributed by atoms with van der Waals surface area (Å²) >= 11 is 0.188. The van der Waals surface area contributed by atoms with E-state index < -0.39 is 10.0 Å². The summed E-state index contributed by atoms with van der Waals surface area (Å²) in [6.07, 6.45) is 1.51. The predicted octanol–water partition coefficient (Wildman–Crippen LogP) is 2.87. The Hall–Kier alpha value is -1.82. The van der Waals surface area contributed by atoms with Gasteiger partial charge in [-0.3, -0.25) is 0 Å². The third-order valence-electron chi connectivity index (χ3n) is 3.44. The summed E-state index contributed by atoms with van der Waals surface area (Å²) in [6, 6.07) is 18.4. The van der Waals surface area contributed by atoms with E-state index >= 15 is 0 Å². The SMILES string of the molecule is [N-]=[N+]=NCC(CCCNS(=O)(=O)c1ccccc1)[Se]c1ccccc1. The molecule has 0 saturated heterocycles. The Kier molecular flexibility index (Phi) is 7.98. The molecule has 0 aromatic heterocycles. The molecular formula is C17H20N4O2SSe. The van der Waals surface area contributed by atoms with Crippen molar-refractivity contribution in [2.24, 2.45) is 5.11 Å². The Morgan fingerprint density at radius 1 is 1.08 bits per heavy atom. The van der Waals surface area contributed by atoms with E-state index in [-0.39, 0.29) is 24.7 Å². The average Bonchev–Trinajstić information content (AvgIpc) is 2.64. The van der Waals surface area contributed by atoms with Crippen molar-refractivity contribution in [1.82, 2.24) is 4.72 Å². The van der Waals surface area contributed by atoms with Crippen LogP contribution in [0, 0.1) is 0 Å². The zero-order valence-electron chi connectivity index (χ0n) is 13.7. The Morgan fingerprint density at radius 3 is 2.36 bits per heavy atom. The van der Waals surface area contributed by atoms with Gasteiger partial charge in [-0.25, -0.2) is 0 Å². The van der Waals surface area contributed by atoms with Crippen molar-refractivity contribution in [3.05, 3.63) is 71.1 Å². The van der Waals surface area contributed by atoms with Crippen LogP contribution in [0.15, 0.2) is 70.7 Å². The molecule has 0 heterocycles. The summed E-state index contributed by atoms with van der Waals surface area (Å²) in [4.78, 5) is 3.38. The van der Waals surface area contributed by atoms with Crippen molar-refractivity contribution in [3.8, 4) is 0 Å². The first kappa shape index (κ1) is 19.5. The third-order valence-corrected chi connectivity index (χ3v) is 7.57. The molecule has 1 N–H and O–H groups in total. The molecule has 25 heavy (non-hydrogen) atoms. The molecule has 8 heteroatoms. The molecule has 6 nitrogen and oxygen atoms in total. The quantitative estimate of drug-likeness (QED) is 0.209. The van der Waals surface area contributed by atoms with E-state index in [0.29, 0.717) is 19.5 Å². The third kappa shape index (κ3) is 6.90. The van der Waals surface area contributed by atoms with Gasteiger partial charge in [0.2, 0.25) is 0 Å². The Balaban J connectivity index is 1.85. The second-order valence-corrected chi connectivity index (χ2v) is 9.97. The number of hydrogen-bond donors (Lipinski definition) is 1. The number of nitrogens with zero attached hydrogens (tertiary/aromatic N) is 3. The zero-order valence-corrected chi connectivity index (χ0v) is 16.2. The zero-order chi connectivity index (χ0) is 18.0. The fourth-order valence-corrected chi connectivity index (χ4v) is 5.68. The second-order valence-electron chi connectivity index (χ2n) is 5.32. The number of azide groups is 1. The molecule has 0 aliphatic rings. The van der Waals surface area contributed by atoms with Gasteiger partial charge in [-0.2, -0.15) is 0 Å². The molecule has 0 saturated carbocycles. The Labute approximate surface area is 154 Å². The van der Waals surface area contributed by atoms with E-state index in [1.165, 1.54) is 4.46 Å². The average molecular weight is 423 g/mol. The van der Waals surface area contributed by atoms with Crippen LogP contribution in [0.3, 0.4) is 0 Å². The molecule has 0 radical (unpaired) electrons.